The molecule has 0 N–H and O–H groups in total. The topological polar surface area (TPSA) is 81.5 Å². The zero-order valence-corrected chi connectivity index (χ0v) is 16.8. The fourth-order valence-electron chi connectivity index (χ4n) is 3.20. The minimum atomic E-state index is -0.800. The van der Waals surface area contributed by atoms with Crippen molar-refractivity contribution in [2.75, 3.05) is 6.61 Å². The van der Waals surface area contributed by atoms with E-state index in [1.807, 2.05) is 41.5 Å². The second kappa shape index (κ2) is 8.33. The van der Waals surface area contributed by atoms with Gasteiger partial charge in [-0.2, -0.15) is 0 Å². The molecule has 0 aliphatic rings. The van der Waals surface area contributed by atoms with Gasteiger partial charge in [0.1, 0.15) is 11.2 Å². The lowest BCUT2D eigenvalue weighted by molar-refractivity contribution is -0.138. The van der Waals surface area contributed by atoms with Crippen molar-refractivity contribution >= 4 is 22.9 Å². The first-order valence-corrected chi connectivity index (χ1v) is 9.16. The number of aromatic nitrogens is 2. The van der Waals surface area contributed by atoms with Gasteiger partial charge in [-0.15, -0.1) is 0 Å². The molecule has 0 unspecified atom stereocenters. The van der Waals surface area contributed by atoms with Crippen molar-refractivity contribution in [1.29, 1.82) is 0 Å². The highest BCUT2D eigenvalue weighted by Crippen LogP contribution is 2.12. The third-order valence-corrected chi connectivity index (χ3v) is 4.35. The standard InChI is InChI=1S/C20H27N3O4/c1-7-22-10-16(18(25)15-9-8-14(6)21-19(15)22)20(26)27-11-17(24)23(12(2)3)13(4)5/h8-10,12-13H,7,11H2,1-6H3. The molecule has 2 aromatic heterocycles. The molecule has 0 aliphatic heterocycles. The smallest absolute Gasteiger partial charge is 0.344 e. The quantitative estimate of drug-likeness (QED) is 0.727. The SMILES string of the molecule is CCn1cc(C(=O)OCC(=O)N(C(C)C)C(C)C)c(=O)c2ccc(C)nc21. The Labute approximate surface area is 158 Å². The average Bonchev–Trinajstić information content (AvgIpc) is 2.59. The molecule has 7 heteroatoms. The number of aryl methyl sites for hydroxylation is 2. The van der Waals surface area contributed by atoms with E-state index in [0.29, 0.717) is 17.6 Å². The maximum absolute atomic E-state index is 12.7. The van der Waals surface area contributed by atoms with Gasteiger partial charge in [0.05, 0.1) is 5.39 Å². The number of ether oxygens (including phenoxy) is 1. The van der Waals surface area contributed by atoms with Crippen molar-refractivity contribution in [3.05, 3.63) is 39.8 Å². The van der Waals surface area contributed by atoms with Gasteiger partial charge >= 0.3 is 5.97 Å². The van der Waals surface area contributed by atoms with E-state index in [9.17, 15) is 14.4 Å². The number of esters is 1. The van der Waals surface area contributed by atoms with E-state index >= 15 is 0 Å². The normalized spacial score (nSPS) is 11.3. The van der Waals surface area contributed by atoms with E-state index in [0.717, 1.165) is 5.69 Å². The summed E-state index contributed by atoms with van der Waals surface area (Å²) in [6.45, 7) is 11.5. The molecule has 0 saturated heterocycles. The molecule has 0 saturated carbocycles. The molecular formula is C20H27N3O4. The molecule has 2 rings (SSSR count). The number of carbonyl (C=O) groups is 2. The number of hydrogen-bond donors (Lipinski definition) is 0. The summed E-state index contributed by atoms with van der Waals surface area (Å²) in [6.07, 6.45) is 1.45. The molecule has 1 amide bonds. The zero-order valence-electron chi connectivity index (χ0n) is 16.8. The molecule has 0 atom stereocenters. The Balaban J connectivity index is 2.30. The molecule has 0 aromatic carbocycles. The van der Waals surface area contributed by atoms with Crippen LogP contribution >= 0.6 is 0 Å². The first-order chi connectivity index (χ1) is 12.7. The van der Waals surface area contributed by atoms with Crippen LogP contribution in [0.5, 0.6) is 0 Å². The fraction of sp³-hybridized carbons (Fsp3) is 0.500. The van der Waals surface area contributed by atoms with Crippen molar-refractivity contribution in [3.63, 3.8) is 0 Å². The average molecular weight is 373 g/mol. The van der Waals surface area contributed by atoms with Crippen LogP contribution in [0.25, 0.3) is 11.0 Å². The molecular weight excluding hydrogens is 346 g/mol. The highest BCUT2D eigenvalue weighted by molar-refractivity contribution is 5.94. The maximum atomic E-state index is 12.7. The van der Waals surface area contributed by atoms with Crippen molar-refractivity contribution in [3.8, 4) is 0 Å². The summed E-state index contributed by atoms with van der Waals surface area (Å²) in [6, 6.07) is 3.37. The zero-order chi connectivity index (χ0) is 20.3. The monoisotopic (exact) mass is 373 g/mol. The number of carbonyl (C=O) groups excluding carboxylic acids is 2. The number of amides is 1. The molecule has 0 fully saturated rings. The second-order valence-corrected chi connectivity index (χ2v) is 7.05. The molecule has 7 nitrogen and oxygen atoms in total. The van der Waals surface area contributed by atoms with Crippen LogP contribution in [0.4, 0.5) is 0 Å². The van der Waals surface area contributed by atoms with Gasteiger partial charge in [-0.05, 0) is 53.7 Å². The van der Waals surface area contributed by atoms with Gasteiger partial charge in [0.2, 0.25) is 5.43 Å². The van der Waals surface area contributed by atoms with Crippen molar-refractivity contribution in [2.24, 2.45) is 0 Å². The third-order valence-electron chi connectivity index (χ3n) is 4.35. The molecule has 0 spiro atoms. The Hall–Kier alpha value is -2.70. The van der Waals surface area contributed by atoms with Gasteiger partial charge in [0.25, 0.3) is 5.91 Å². The van der Waals surface area contributed by atoms with E-state index in [1.165, 1.54) is 6.20 Å². The van der Waals surface area contributed by atoms with Gasteiger partial charge < -0.3 is 14.2 Å². The summed E-state index contributed by atoms with van der Waals surface area (Å²) in [4.78, 5) is 43.6. The van der Waals surface area contributed by atoms with Crippen LogP contribution in [0, 0.1) is 6.92 Å². The third kappa shape index (κ3) is 4.35. The number of nitrogens with zero attached hydrogens (tertiary/aromatic N) is 3. The van der Waals surface area contributed by atoms with E-state index in [-0.39, 0.29) is 23.6 Å². The number of fused-ring (bicyclic) bond motifs is 1. The summed E-state index contributed by atoms with van der Waals surface area (Å²) >= 11 is 0. The summed E-state index contributed by atoms with van der Waals surface area (Å²) in [5, 5.41) is 0.356. The first kappa shape index (κ1) is 20.6. The van der Waals surface area contributed by atoms with Crippen molar-refractivity contribution in [1.82, 2.24) is 14.5 Å². The maximum Gasteiger partial charge on any atom is 0.344 e. The summed E-state index contributed by atoms with van der Waals surface area (Å²) in [5.74, 6) is -1.09. The predicted molar refractivity (Wildman–Crippen MR) is 104 cm³/mol. The second-order valence-electron chi connectivity index (χ2n) is 7.05. The van der Waals surface area contributed by atoms with Gasteiger partial charge in [-0.1, -0.05) is 0 Å². The Kier molecular flexibility index (Phi) is 6.36. The van der Waals surface area contributed by atoms with Crippen LogP contribution in [0.1, 0.15) is 50.7 Å². The lowest BCUT2D eigenvalue weighted by Gasteiger charge is -2.30. The molecule has 0 radical (unpaired) electrons. The molecule has 2 aromatic rings. The van der Waals surface area contributed by atoms with Gasteiger partial charge in [0, 0.05) is 30.5 Å². The van der Waals surface area contributed by atoms with E-state index in [4.69, 9.17) is 4.74 Å². The lowest BCUT2D eigenvalue weighted by Crippen LogP contribution is -2.44. The minimum Gasteiger partial charge on any atom is -0.452 e. The number of rotatable bonds is 6. The van der Waals surface area contributed by atoms with Crippen LogP contribution in [0.15, 0.2) is 23.1 Å². The Morgan fingerprint density at radius 3 is 2.37 bits per heavy atom. The van der Waals surface area contributed by atoms with Crippen LogP contribution in [-0.2, 0) is 16.1 Å². The van der Waals surface area contributed by atoms with Crippen LogP contribution in [0.2, 0.25) is 0 Å². The number of pyridine rings is 2. The summed E-state index contributed by atoms with van der Waals surface area (Å²) in [7, 11) is 0. The summed E-state index contributed by atoms with van der Waals surface area (Å²) in [5.41, 5.74) is 0.779. The molecule has 0 aliphatic carbocycles. The molecule has 0 bridgehead atoms. The largest absolute Gasteiger partial charge is 0.452 e. The van der Waals surface area contributed by atoms with Gasteiger partial charge in [-0.3, -0.25) is 9.59 Å². The molecule has 27 heavy (non-hydrogen) atoms. The van der Waals surface area contributed by atoms with Crippen LogP contribution < -0.4 is 5.43 Å². The number of hydrogen-bond acceptors (Lipinski definition) is 5. The summed E-state index contributed by atoms with van der Waals surface area (Å²) < 4.78 is 6.89. The van der Waals surface area contributed by atoms with Gasteiger partial charge in [0.15, 0.2) is 6.61 Å². The van der Waals surface area contributed by atoms with Crippen molar-refractivity contribution < 1.29 is 14.3 Å². The Morgan fingerprint density at radius 1 is 1.19 bits per heavy atom. The predicted octanol–water partition coefficient (Wildman–Crippen LogP) is 2.53. The molecule has 2 heterocycles. The highest BCUT2D eigenvalue weighted by Gasteiger charge is 2.23. The molecule has 146 valence electrons. The van der Waals surface area contributed by atoms with E-state index < -0.39 is 18.0 Å². The van der Waals surface area contributed by atoms with Crippen LogP contribution in [-0.4, -0.2) is 45.0 Å². The van der Waals surface area contributed by atoms with E-state index in [1.54, 1.807) is 21.6 Å². The fourth-order valence-corrected chi connectivity index (χ4v) is 3.20. The van der Waals surface area contributed by atoms with E-state index in [2.05, 4.69) is 4.98 Å². The van der Waals surface area contributed by atoms with Gasteiger partial charge in [-0.25, -0.2) is 9.78 Å². The first-order valence-electron chi connectivity index (χ1n) is 9.16. The lowest BCUT2D eigenvalue weighted by atomic mass is 10.2. The highest BCUT2D eigenvalue weighted by atomic mass is 16.5. The minimum absolute atomic E-state index is 0.0106. The van der Waals surface area contributed by atoms with Crippen LogP contribution in [0.3, 0.4) is 0 Å². The van der Waals surface area contributed by atoms with Crippen molar-refractivity contribution in [2.45, 2.75) is 60.2 Å². The Bertz CT molecular complexity index is 907. The Morgan fingerprint density at radius 2 is 1.81 bits per heavy atom.